The quantitative estimate of drug-likeness (QED) is 0.564. The molecule has 0 amide bonds. The second kappa shape index (κ2) is 7.62. The third-order valence-electron chi connectivity index (χ3n) is 3.46. The minimum Gasteiger partial charge on any atom is -0.359 e. The van der Waals surface area contributed by atoms with Gasteiger partial charge in [-0.1, -0.05) is 62.1 Å². The number of nitrogens with zero attached hydrogens (tertiary/aromatic N) is 2. The largest absolute Gasteiger partial charge is 0.359 e. The maximum atomic E-state index is 11.8. The number of rotatable bonds is 7. The molecule has 4 heteroatoms. The molecule has 0 N–H and O–H groups in total. The van der Waals surface area contributed by atoms with Crippen molar-refractivity contribution < 1.29 is 9.53 Å². The molecule has 1 aromatic heterocycles. The van der Waals surface area contributed by atoms with Crippen LogP contribution in [0.5, 0.6) is 0 Å². The minimum atomic E-state index is 0.472. The first-order chi connectivity index (χ1) is 10.2. The van der Waals surface area contributed by atoms with Crippen molar-refractivity contribution in [1.29, 1.82) is 0 Å². The zero-order valence-corrected chi connectivity index (χ0v) is 12.7. The van der Waals surface area contributed by atoms with Crippen molar-refractivity contribution in [1.82, 2.24) is 5.16 Å². The van der Waals surface area contributed by atoms with Crippen molar-refractivity contribution in [3.63, 3.8) is 0 Å². The first kappa shape index (κ1) is 15.3. The molecule has 0 radical (unpaired) electrons. The molecule has 0 aliphatic carbocycles. The Bertz CT molecular complexity index is 585. The molecule has 2 aromatic rings. The van der Waals surface area contributed by atoms with Crippen molar-refractivity contribution >= 4 is 6.08 Å². The molecular formula is C17H22N2O2. The normalized spacial score (nSPS) is 11.3. The molecule has 0 bridgehead atoms. The van der Waals surface area contributed by atoms with Crippen LogP contribution in [0.4, 0.5) is 0 Å². The fourth-order valence-corrected chi connectivity index (χ4v) is 2.22. The summed E-state index contributed by atoms with van der Waals surface area (Å²) in [5, 5.41) is 15.6. The lowest BCUT2D eigenvalue weighted by atomic mass is 10.1. The van der Waals surface area contributed by atoms with Gasteiger partial charge in [0.15, 0.2) is 0 Å². The van der Waals surface area contributed by atoms with Gasteiger partial charge in [-0.15, -0.1) is 0 Å². The van der Waals surface area contributed by atoms with E-state index in [1.54, 1.807) is 0 Å². The summed E-state index contributed by atoms with van der Waals surface area (Å²) in [7, 11) is 0. The zero-order valence-electron chi connectivity index (χ0n) is 12.7. The number of hydrogen-bond donors (Lipinski definition) is 0. The maximum Gasteiger partial charge on any atom is 0.248 e. The highest BCUT2D eigenvalue weighted by Crippen LogP contribution is 2.20. The molecule has 0 saturated heterocycles. The van der Waals surface area contributed by atoms with Gasteiger partial charge in [0.25, 0.3) is 0 Å². The van der Waals surface area contributed by atoms with E-state index >= 15 is 0 Å². The van der Waals surface area contributed by atoms with Crippen LogP contribution in [-0.2, 0) is 0 Å². The summed E-state index contributed by atoms with van der Waals surface area (Å²) >= 11 is 0. The van der Waals surface area contributed by atoms with Gasteiger partial charge in [0.2, 0.25) is 11.4 Å². The summed E-state index contributed by atoms with van der Waals surface area (Å²) in [5.41, 5.74) is 3.03. The Morgan fingerprint density at radius 1 is 1.19 bits per heavy atom. The molecule has 112 valence electrons. The number of aromatic nitrogens is 2. The van der Waals surface area contributed by atoms with Crippen LogP contribution < -0.4 is 4.90 Å². The Kier molecular flexibility index (Phi) is 5.55. The highest BCUT2D eigenvalue weighted by atomic mass is 16.8. The van der Waals surface area contributed by atoms with Gasteiger partial charge in [0.1, 0.15) is 0 Å². The predicted octanol–water partition coefficient (Wildman–Crippen LogP) is 4.27. The maximum absolute atomic E-state index is 11.8. The Morgan fingerprint density at radius 2 is 1.95 bits per heavy atom. The molecular weight excluding hydrogens is 264 g/mol. The van der Waals surface area contributed by atoms with E-state index in [1.807, 2.05) is 37.3 Å². The molecule has 0 unspecified atom stereocenters. The number of benzene rings is 1. The van der Waals surface area contributed by atoms with E-state index in [4.69, 9.17) is 4.63 Å². The van der Waals surface area contributed by atoms with Gasteiger partial charge in [-0.2, -0.15) is 0 Å². The van der Waals surface area contributed by atoms with Crippen LogP contribution in [-0.4, -0.2) is 5.16 Å². The van der Waals surface area contributed by atoms with Gasteiger partial charge in [-0.3, -0.25) is 4.63 Å². The van der Waals surface area contributed by atoms with Crippen LogP contribution in [0, 0.1) is 12.1 Å². The van der Waals surface area contributed by atoms with Crippen LogP contribution >= 0.6 is 0 Å². The molecule has 0 fully saturated rings. The summed E-state index contributed by atoms with van der Waals surface area (Å²) < 4.78 is 4.74. The molecule has 0 atom stereocenters. The van der Waals surface area contributed by atoms with Crippen molar-refractivity contribution in [2.24, 2.45) is 0 Å². The Morgan fingerprint density at radius 3 is 2.67 bits per heavy atom. The van der Waals surface area contributed by atoms with Crippen LogP contribution in [0.15, 0.2) is 35.0 Å². The molecule has 0 saturated carbocycles. The molecule has 1 heterocycles. The molecule has 0 aliphatic rings. The van der Waals surface area contributed by atoms with Crippen LogP contribution in [0.2, 0.25) is 0 Å². The van der Waals surface area contributed by atoms with Gasteiger partial charge in [0.05, 0.1) is 0 Å². The van der Waals surface area contributed by atoms with Gasteiger partial charge in [-0.05, 0) is 30.7 Å². The van der Waals surface area contributed by atoms with E-state index in [0.717, 1.165) is 17.5 Å². The standard InChI is InChI=1S/C17H22N2O2/c1-3-4-5-6-7-8-9-16-17(19(20)21-18-16)15-12-10-14(2)11-13-15/h8-13H,3-7H2,1-2H3/b9-8+. The average molecular weight is 286 g/mol. The fraction of sp³-hybridized carbons (Fsp3) is 0.412. The third kappa shape index (κ3) is 4.18. The second-order valence-corrected chi connectivity index (χ2v) is 5.28. The predicted molar refractivity (Wildman–Crippen MR) is 83.4 cm³/mol. The van der Waals surface area contributed by atoms with Gasteiger partial charge in [0, 0.05) is 10.7 Å². The van der Waals surface area contributed by atoms with E-state index in [-0.39, 0.29) is 0 Å². The highest BCUT2D eigenvalue weighted by Gasteiger charge is 2.18. The SMILES string of the molecule is CCCCCC/C=C/c1no[n+]([O-])c1-c1ccc(C)cc1. The number of hydrogen-bond acceptors (Lipinski definition) is 3. The van der Waals surface area contributed by atoms with Crippen LogP contribution in [0.1, 0.15) is 50.3 Å². The molecule has 0 aliphatic heterocycles. The summed E-state index contributed by atoms with van der Waals surface area (Å²) in [4.78, 5) is 0.474. The molecule has 21 heavy (non-hydrogen) atoms. The monoisotopic (exact) mass is 286 g/mol. The van der Waals surface area contributed by atoms with Crippen molar-refractivity contribution in [3.8, 4) is 11.3 Å². The lowest BCUT2D eigenvalue weighted by molar-refractivity contribution is -0.793. The van der Waals surface area contributed by atoms with Crippen molar-refractivity contribution in [2.75, 3.05) is 0 Å². The summed E-state index contributed by atoms with van der Waals surface area (Å²) in [5.74, 6) is 0. The Balaban J connectivity index is 2.07. The lowest BCUT2D eigenvalue weighted by Gasteiger charge is -1.98. The number of unbranched alkanes of at least 4 members (excludes halogenated alkanes) is 4. The van der Waals surface area contributed by atoms with E-state index in [0.29, 0.717) is 16.3 Å². The van der Waals surface area contributed by atoms with Crippen LogP contribution in [0.25, 0.3) is 17.3 Å². The van der Waals surface area contributed by atoms with Gasteiger partial charge >= 0.3 is 0 Å². The minimum absolute atomic E-state index is 0.472. The van der Waals surface area contributed by atoms with Gasteiger partial charge < -0.3 is 5.21 Å². The van der Waals surface area contributed by atoms with E-state index in [1.165, 1.54) is 25.7 Å². The van der Waals surface area contributed by atoms with E-state index in [9.17, 15) is 5.21 Å². The molecule has 2 rings (SSSR count). The first-order valence-electron chi connectivity index (χ1n) is 7.55. The topological polar surface area (TPSA) is 53.0 Å². The fourth-order valence-electron chi connectivity index (χ4n) is 2.22. The highest BCUT2D eigenvalue weighted by molar-refractivity contribution is 5.66. The van der Waals surface area contributed by atoms with E-state index in [2.05, 4.69) is 18.2 Å². The number of allylic oxidation sites excluding steroid dienone is 1. The molecule has 0 spiro atoms. The van der Waals surface area contributed by atoms with Crippen molar-refractivity contribution in [3.05, 3.63) is 46.8 Å². The van der Waals surface area contributed by atoms with Crippen LogP contribution in [0.3, 0.4) is 0 Å². The van der Waals surface area contributed by atoms with Crippen molar-refractivity contribution in [2.45, 2.75) is 46.0 Å². The van der Waals surface area contributed by atoms with E-state index < -0.39 is 0 Å². The Labute approximate surface area is 125 Å². The zero-order chi connectivity index (χ0) is 15.1. The summed E-state index contributed by atoms with van der Waals surface area (Å²) in [6.07, 6.45) is 9.85. The smallest absolute Gasteiger partial charge is 0.248 e. The number of aryl methyl sites for hydroxylation is 1. The third-order valence-corrected chi connectivity index (χ3v) is 3.46. The average Bonchev–Trinajstić information content (AvgIpc) is 2.85. The lowest BCUT2D eigenvalue weighted by Crippen LogP contribution is -2.25. The first-order valence-corrected chi connectivity index (χ1v) is 7.55. The molecule has 4 nitrogen and oxygen atoms in total. The molecule has 1 aromatic carbocycles. The second-order valence-electron chi connectivity index (χ2n) is 5.28. The summed E-state index contributed by atoms with van der Waals surface area (Å²) in [6.45, 7) is 4.21. The summed E-state index contributed by atoms with van der Waals surface area (Å²) in [6, 6.07) is 7.77. The van der Waals surface area contributed by atoms with Gasteiger partial charge in [-0.25, -0.2) is 0 Å². The Hall–Kier alpha value is -2.10.